The highest BCUT2D eigenvalue weighted by molar-refractivity contribution is 4.70. The molecule has 0 radical (unpaired) electrons. The van der Waals surface area contributed by atoms with Crippen molar-refractivity contribution in [3.05, 3.63) is 0 Å². The summed E-state index contributed by atoms with van der Waals surface area (Å²) in [7, 11) is 3.42. The molecule has 2 nitrogen and oxygen atoms in total. The number of hydrogen-bond donors (Lipinski definition) is 1. The van der Waals surface area contributed by atoms with E-state index < -0.39 is 12.2 Å². The topological polar surface area (TPSA) is 29.3 Å². The van der Waals surface area contributed by atoms with Gasteiger partial charge in [-0.25, -0.2) is 0 Å². The third kappa shape index (κ3) is 5.03. The predicted octanol–water partition coefficient (Wildman–Crippen LogP) is 0.828. The van der Waals surface area contributed by atoms with E-state index in [9.17, 15) is 13.2 Å². The van der Waals surface area contributed by atoms with Crippen LogP contribution < -0.4 is 5.73 Å². The molecule has 0 heterocycles. The highest BCUT2D eigenvalue weighted by atomic mass is 19.4. The maximum absolute atomic E-state index is 11.8. The molecule has 1 atom stereocenters. The number of hydrogen-bond acceptors (Lipinski definition) is 2. The van der Waals surface area contributed by atoms with Gasteiger partial charge in [-0.2, -0.15) is 13.2 Å². The van der Waals surface area contributed by atoms with Gasteiger partial charge in [0, 0.05) is 0 Å². The molecule has 11 heavy (non-hydrogen) atoms. The van der Waals surface area contributed by atoms with Gasteiger partial charge in [-0.1, -0.05) is 0 Å². The Balaban J connectivity index is 3.61. The summed E-state index contributed by atoms with van der Waals surface area (Å²) in [6.07, 6.45) is -4.30. The van der Waals surface area contributed by atoms with Crippen molar-refractivity contribution in [2.45, 2.75) is 18.6 Å². The molecule has 0 fully saturated rings. The molecule has 68 valence electrons. The Labute approximate surface area is 64.2 Å². The van der Waals surface area contributed by atoms with Crippen LogP contribution in [0.25, 0.3) is 0 Å². The third-order valence-electron chi connectivity index (χ3n) is 1.31. The molecule has 0 saturated heterocycles. The van der Waals surface area contributed by atoms with Crippen LogP contribution in [0.5, 0.6) is 0 Å². The van der Waals surface area contributed by atoms with Crippen molar-refractivity contribution in [2.24, 2.45) is 5.73 Å². The fraction of sp³-hybridized carbons (Fsp3) is 1.00. The first-order valence-corrected chi connectivity index (χ1v) is 3.31. The number of nitrogens with zero attached hydrogens (tertiary/aromatic N) is 1. The SMILES string of the molecule is CN(C)CCC(N)C(F)(F)F. The molecule has 0 aromatic rings. The van der Waals surface area contributed by atoms with Crippen molar-refractivity contribution in [2.75, 3.05) is 20.6 Å². The first-order chi connectivity index (χ1) is 4.84. The normalized spacial score (nSPS) is 15.5. The van der Waals surface area contributed by atoms with E-state index in [1.54, 1.807) is 19.0 Å². The van der Waals surface area contributed by atoms with Gasteiger partial charge in [-0.3, -0.25) is 0 Å². The smallest absolute Gasteiger partial charge is 0.320 e. The predicted molar refractivity (Wildman–Crippen MR) is 37.2 cm³/mol. The van der Waals surface area contributed by atoms with Crippen LogP contribution in [0.3, 0.4) is 0 Å². The molecule has 1 unspecified atom stereocenters. The van der Waals surface area contributed by atoms with Crippen molar-refractivity contribution in [1.82, 2.24) is 4.90 Å². The second kappa shape index (κ2) is 3.92. The van der Waals surface area contributed by atoms with E-state index in [0.717, 1.165) is 0 Å². The van der Waals surface area contributed by atoms with Crippen LogP contribution >= 0.6 is 0 Å². The van der Waals surface area contributed by atoms with Crippen LogP contribution in [0.2, 0.25) is 0 Å². The molecule has 2 N–H and O–H groups in total. The summed E-state index contributed by atoms with van der Waals surface area (Å²) >= 11 is 0. The second-order valence-corrected chi connectivity index (χ2v) is 2.74. The van der Waals surface area contributed by atoms with E-state index in [1.807, 2.05) is 0 Å². The zero-order chi connectivity index (χ0) is 9.07. The van der Waals surface area contributed by atoms with Crippen LogP contribution in [0.4, 0.5) is 13.2 Å². The van der Waals surface area contributed by atoms with E-state index in [2.05, 4.69) is 0 Å². The maximum atomic E-state index is 11.8. The van der Waals surface area contributed by atoms with Crippen molar-refractivity contribution in [3.8, 4) is 0 Å². The molecule has 0 bridgehead atoms. The average Bonchev–Trinajstić information content (AvgIpc) is 1.80. The van der Waals surface area contributed by atoms with Gasteiger partial charge < -0.3 is 10.6 Å². The van der Waals surface area contributed by atoms with E-state index in [1.165, 1.54) is 0 Å². The van der Waals surface area contributed by atoms with Crippen molar-refractivity contribution < 1.29 is 13.2 Å². The average molecular weight is 170 g/mol. The minimum absolute atomic E-state index is 0.0451. The van der Waals surface area contributed by atoms with Gasteiger partial charge in [0.15, 0.2) is 0 Å². The lowest BCUT2D eigenvalue weighted by molar-refractivity contribution is -0.149. The molecule has 5 heteroatoms. The van der Waals surface area contributed by atoms with Crippen molar-refractivity contribution >= 4 is 0 Å². The summed E-state index contributed by atoms with van der Waals surface area (Å²) in [6.45, 7) is 0.362. The largest absolute Gasteiger partial charge is 0.403 e. The van der Waals surface area contributed by atoms with E-state index in [4.69, 9.17) is 5.73 Å². The Bertz CT molecular complexity index is 111. The Morgan fingerprint density at radius 1 is 1.36 bits per heavy atom. The molecule has 0 spiro atoms. The Morgan fingerprint density at radius 3 is 2.09 bits per heavy atom. The number of rotatable bonds is 3. The van der Waals surface area contributed by atoms with Gasteiger partial charge in [0.2, 0.25) is 0 Å². The van der Waals surface area contributed by atoms with Gasteiger partial charge in [-0.15, -0.1) is 0 Å². The van der Waals surface area contributed by atoms with Crippen LogP contribution in [-0.4, -0.2) is 37.8 Å². The summed E-state index contributed by atoms with van der Waals surface area (Å²) in [6, 6.07) is -1.69. The highest BCUT2D eigenvalue weighted by Crippen LogP contribution is 2.20. The van der Waals surface area contributed by atoms with Crippen molar-refractivity contribution in [1.29, 1.82) is 0 Å². The van der Waals surface area contributed by atoms with Gasteiger partial charge in [-0.05, 0) is 27.1 Å². The minimum Gasteiger partial charge on any atom is -0.320 e. The fourth-order valence-electron chi connectivity index (χ4n) is 0.561. The molecular weight excluding hydrogens is 157 g/mol. The molecular formula is C6H13F3N2. The van der Waals surface area contributed by atoms with Gasteiger partial charge in [0.05, 0.1) is 0 Å². The summed E-state index contributed by atoms with van der Waals surface area (Å²) in [5, 5.41) is 0. The fourth-order valence-corrected chi connectivity index (χ4v) is 0.561. The lowest BCUT2D eigenvalue weighted by Gasteiger charge is -2.17. The summed E-state index contributed by atoms with van der Waals surface area (Å²) in [4.78, 5) is 1.67. The Hall–Kier alpha value is -0.290. The van der Waals surface area contributed by atoms with Gasteiger partial charge in [0.25, 0.3) is 0 Å². The first-order valence-electron chi connectivity index (χ1n) is 3.31. The Morgan fingerprint density at radius 2 is 1.82 bits per heavy atom. The number of halogens is 3. The maximum Gasteiger partial charge on any atom is 0.403 e. The molecule has 0 amide bonds. The van der Waals surface area contributed by atoms with Crippen molar-refractivity contribution in [3.63, 3.8) is 0 Å². The summed E-state index contributed by atoms with van der Waals surface area (Å²) < 4.78 is 35.3. The highest BCUT2D eigenvalue weighted by Gasteiger charge is 2.35. The molecule has 0 aliphatic heterocycles. The second-order valence-electron chi connectivity index (χ2n) is 2.74. The van der Waals surface area contributed by atoms with Crippen LogP contribution in [0.1, 0.15) is 6.42 Å². The standard InChI is InChI=1S/C6H13F3N2/c1-11(2)4-3-5(10)6(7,8)9/h5H,3-4,10H2,1-2H3. The summed E-state index contributed by atoms with van der Waals surface area (Å²) in [5.41, 5.74) is 4.85. The lowest BCUT2D eigenvalue weighted by atomic mass is 10.2. The lowest BCUT2D eigenvalue weighted by Crippen LogP contribution is -2.39. The zero-order valence-corrected chi connectivity index (χ0v) is 6.65. The van der Waals surface area contributed by atoms with Crippen LogP contribution in [-0.2, 0) is 0 Å². The number of alkyl halides is 3. The number of nitrogens with two attached hydrogens (primary N) is 1. The monoisotopic (exact) mass is 170 g/mol. The van der Waals surface area contributed by atoms with E-state index >= 15 is 0 Å². The van der Waals surface area contributed by atoms with Crippen LogP contribution in [0.15, 0.2) is 0 Å². The molecule has 0 aromatic carbocycles. The third-order valence-corrected chi connectivity index (χ3v) is 1.31. The minimum atomic E-state index is -4.25. The van der Waals surface area contributed by atoms with Gasteiger partial charge in [0.1, 0.15) is 6.04 Å². The van der Waals surface area contributed by atoms with E-state index in [-0.39, 0.29) is 6.42 Å². The summed E-state index contributed by atoms with van der Waals surface area (Å²) in [5.74, 6) is 0. The van der Waals surface area contributed by atoms with Gasteiger partial charge >= 0.3 is 6.18 Å². The first kappa shape index (κ1) is 10.7. The van der Waals surface area contributed by atoms with E-state index in [0.29, 0.717) is 6.54 Å². The quantitative estimate of drug-likeness (QED) is 0.679. The Kier molecular flexibility index (Phi) is 3.82. The molecule has 0 rings (SSSR count). The molecule has 0 aliphatic carbocycles. The zero-order valence-electron chi connectivity index (χ0n) is 6.65. The molecule has 0 aliphatic rings. The molecule has 0 aromatic heterocycles. The van der Waals surface area contributed by atoms with Crippen LogP contribution in [0, 0.1) is 0 Å². The molecule has 0 saturated carbocycles.